The van der Waals surface area contributed by atoms with E-state index >= 15 is 0 Å². The topological polar surface area (TPSA) is 79.4 Å². The van der Waals surface area contributed by atoms with Crippen molar-refractivity contribution >= 4 is 50.5 Å². The van der Waals surface area contributed by atoms with Gasteiger partial charge >= 0.3 is 0 Å². The zero-order chi connectivity index (χ0) is 18.0. The number of halogens is 2. The third-order valence-electron chi connectivity index (χ3n) is 3.75. The highest BCUT2D eigenvalue weighted by Gasteiger charge is 2.27. The van der Waals surface area contributed by atoms with Crippen LogP contribution in [-0.4, -0.2) is 49.0 Å². The molecule has 1 aromatic heterocycles. The predicted molar refractivity (Wildman–Crippen MR) is 99.9 cm³/mol. The van der Waals surface area contributed by atoms with E-state index in [-0.39, 0.29) is 30.4 Å². The smallest absolute Gasteiger partial charge is 0.270 e. The van der Waals surface area contributed by atoms with Gasteiger partial charge in [-0.3, -0.25) is 4.79 Å². The number of sulfonamides is 1. The fourth-order valence-electron chi connectivity index (χ4n) is 2.47. The molecule has 6 nitrogen and oxygen atoms in total. The molecular weight excluding hydrogens is 405 g/mol. The van der Waals surface area contributed by atoms with Gasteiger partial charge in [0.2, 0.25) is 10.0 Å². The van der Waals surface area contributed by atoms with E-state index in [0.717, 1.165) is 5.56 Å². The van der Waals surface area contributed by atoms with Gasteiger partial charge in [-0.25, -0.2) is 17.7 Å². The maximum atomic E-state index is 12.2. The summed E-state index contributed by atoms with van der Waals surface area (Å²) in [6, 6.07) is 5.16. The Labute approximate surface area is 159 Å². The van der Waals surface area contributed by atoms with Crippen LogP contribution in [0, 0.1) is 0 Å². The molecule has 0 spiro atoms. The van der Waals surface area contributed by atoms with Crippen LogP contribution >= 0.6 is 34.5 Å². The van der Waals surface area contributed by atoms with E-state index < -0.39 is 10.0 Å². The average molecular weight is 420 g/mol. The van der Waals surface area contributed by atoms with Crippen LogP contribution in [0.4, 0.5) is 0 Å². The molecule has 0 bridgehead atoms. The van der Waals surface area contributed by atoms with Crippen LogP contribution < -0.4 is 5.32 Å². The van der Waals surface area contributed by atoms with E-state index in [1.807, 2.05) is 0 Å². The fraction of sp³-hybridized carbons (Fsp3) is 0.333. The van der Waals surface area contributed by atoms with Crippen LogP contribution in [0.5, 0.6) is 0 Å². The van der Waals surface area contributed by atoms with Gasteiger partial charge < -0.3 is 5.32 Å². The molecular formula is C15H15Cl2N3O3S2. The summed E-state index contributed by atoms with van der Waals surface area (Å²) in [5.74, 6) is -0.154. The lowest BCUT2D eigenvalue weighted by Gasteiger charge is -2.13. The molecule has 10 heteroatoms. The fourth-order valence-corrected chi connectivity index (χ4v) is 5.09. The van der Waals surface area contributed by atoms with Crippen LogP contribution in [0.25, 0.3) is 10.6 Å². The summed E-state index contributed by atoms with van der Waals surface area (Å²) < 4.78 is 24.8. The van der Waals surface area contributed by atoms with Gasteiger partial charge in [-0.1, -0.05) is 29.3 Å². The Balaban J connectivity index is 1.60. The average Bonchev–Trinajstić information content (AvgIpc) is 3.17. The van der Waals surface area contributed by atoms with Crippen molar-refractivity contribution in [2.45, 2.75) is 6.42 Å². The molecule has 0 aliphatic carbocycles. The van der Waals surface area contributed by atoms with Crippen LogP contribution in [0.15, 0.2) is 23.6 Å². The van der Waals surface area contributed by atoms with E-state index in [9.17, 15) is 13.2 Å². The molecule has 0 radical (unpaired) electrons. The molecule has 3 rings (SSSR count). The SMILES string of the molecule is O=C(NCCN1CCCS1(=O)=O)c1csc(-c2ccc(Cl)c(Cl)c2)n1. The first-order chi connectivity index (χ1) is 11.9. The van der Waals surface area contributed by atoms with Gasteiger partial charge in [0.15, 0.2) is 0 Å². The maximum absolute atomic E-state index is 12.2. The molecule has 1 aliphatic rings. The van der Waals surface area contributed by atoms with E-state index in [4.69, 9.17) is 23.2 Å². The molecule has 25 heavy (non-hydrogen) atoms. The second-order valence-corrected chi connectivity index (χ2v) is 9.25. The first-order valence-electron chi connectivity index (χ1n) is 7.54. The van der Waals surface area contributed by atoms with E-state index in [0.29, 0.717) is 28.0 Å². The third kappa shape index (κ3) is 4.32. The number of amides is 1. The summed E-state index contributed by atoms with van der Waals surface area (Å²) in [6.45, 7) is 1.03. The molecule has 0 atom stereocenters. The van der Waals surface area contributed by atoms with Crippen molar-refractivity contribution < 1.29 is 13.2 Å². The van der Waals surface area contributed by atoms with Crippen molar-refractivity contribution in [3.63, 3.8) is 0 Å². The lowest BCUT2D eigenvalue weighted by Crippen LogP contribution is -2.35. The molecule has 1 saturated heterocycles. The first kappa shape index (κ1) is 18.6. The minimum atomic E-state index is -3.14. The van der Waals surface area contributed by atoms with Crippen molar-refractivity contribution in [3.8, 4) is 10.6 Å². The Morgan fingerprint density at radius 1 is 1.32 bits per heavy atom. The van der Waals surface area contributed by atoms with Crippen LogP contribution in [-0.2, 0) is 10.0 Å². The number of carbonyl (C=O) groups is 1. The molecule has 0 unspecified atom stereocenters. The van der Waals surface area contributed by atoms with Crippen LogP contribution in [0.2, 0.25) is 10.0 Å². The number of aromatic nitrogens is 1. The molecule has 2 aromatic rings. The molecule has 134 valence electrons. The summed E-state index contributed by atoms with van der Waals surface area (Å²) in [4.78, 5) is 16.5. The summed E-state index contributed by atoms with van der Waals surface area (Å²) in [5, 5.41) is 5.89. The number of hydrogen-bond donors (Lipinski definition) is 1. The number of carbonyl (C=O) groups excluding carboxylic acids is 1. The Kier molecular flexibility index (Phi) is 5.65. The van der Waals surface area contributed by atoms with Crippen molar-refractivity contribution in [2.75, 3.05) is 25.4 Å². The second-order valence-electron chi connectivity index (χ2n) is 5.49. The summed E-state index contributed by atoms with van der Waals surface area (Å²) in [6.07, 6.45) is 0.634. The zero-order valence-electron chi connectivity index (χ0n) is 13.0. The number of nitrogens with zero attached hydrogens (tertiary/aromatic N) is 2. The van der Waals surface area contributed by atoms with Gasteiger partial charge in [0, 0.05) is 30.6 Å². The summed E-state index contributed by atoms with van der Waals surface area (Å²) >= 11 is 13.2. The number of hydrogen-bond acceptors (Lipinski definition) is 5. The number of thiazole rings is 1. The third-order valence-corrected chi connectivity index (χ3v) is 7.34. The largest absolute Gasteiger partial charge is 0.349 e. The Bertz CT molecular complexity index is 899. The highest BCUT2D eigenvalue weighted by molar-refractivity contribution is 7.89. The normalized spacial score (nSPS) is 16.9. The zero-order valence-corrected chi connectivity index (χ0v) is 16.2. The molecule has 1 aliphatic heterocycles. The van der Waals surface area contributed by atoms with Gasteiger partial charge in [-0.2, -0.15) is 0 Å². The number of rotatable bonds is 5. The minimum Gasteiger partial charge on any atom is -0.349 e. The maximum Gasteiger partial charge on any atom is 0.270 e. The van der Waals surface area contributed by atoms with Crippen molar-refractivity contribution in [2.24, 2.45) is 0 Å². The second kappa shape index (κ2) is 7.59. The standard InChI is InChI=1S/C15H15Cl2N3O3S2/c16-11-3-2-10(8-12(11)17)15-19-13(9-24-15)14(21)18-4-6-20-5-1-7-25(20,22)23/h2-3,8-9H,1,4-7H2,(H,18,21). The Morgan fingerprint density at radius 3 is 2.80 bits per heavy atom. The van der Waals surface area contributed by atoms with Crippen LogP contribution in [0.1, 0.15) is 16.9 Å². The Hall–Kier alpha value is -1.19. The molecule has 1 N–H and O–H groups in total. The first-order valence-corrected chi connectivity index (χ1v) is 10.8. The number of nitrogens with one attached hydrogen (secondary N) is 1. The van der Waals surface area contributed by atoms with Gasteiger partial charge in [0.1, 0.15) is 10.7 Å². The predicted octanol–water partition coefficient (Wildman–Crippen LogP) is 2.88. The minimum absolute atomic E-state index is 0.181. The highest BCUT2D eigenvalue weighted by atomic mass is 35.5. The molecule has 1 fully saturated rings. The van der Waals surface area contributed by atoms with E-state index in [2.05, 4.69) is 10.3 Å². The van der Waals surface area contributed by atoms with Crippen molar-refractivity contribution in [3.05, 3.63) is 39.3 Å². The van der Waals surface area contributed by atoms with E-state index in [1.54, 1.807) is 23.6 Å². The number of benzene rings is 1. The van der Waals surface area contributed by atoms with Crippen molar-refractivity contribution in [1.29, 1.82) is 0 Å². The Morgan fingerprint density at radius 2 is 2.12 bits per heavy atom. The lowest BCUT2D eigenvalue weighted by molar-refractivity contribution is 0.0947. The monoisotopic (exact) mass is 419 g/mol. The summed E-state index contributed by atoms with van der Waals surface area (Å²) in [5.41, 5.74) is 1.07. The summed E-state index contributed by atoms with van der Waals surface area (Å²) in [7, 11) is -3.14. The van der Waals surface area contributed by atoms with E-state index in [1.165, 1.54) is 15.6 Å². The highest BCUT2D eigenvalue weighted by Crippen LogP contribution is 2.30. The molecule has 1 amide bonds. The quantitative estimate of drug-likeness (QED) is 0.807. The molecule has 1 aromatic carbocycles. The van der Waals surface area contributed by atoms with Gasteiger partial charge in [0.05, 0.1) is 15.8 Å². The van der Waals surface area contributed by atoms with Crippen LogP contribution in [0.3, 0.4) is 0 Å². The molecule has 2 heterocycles. The molecule has 0 saturated carbocycles. The van der Waals surface area contributed by atoms with Gasteiger partial charge in [0.25, 0.3) is 5.91 Å². The van der Waals surface area contributed by atoms with Gasteiger partial charge in [-0.05, 0) is 18.6 Å². The van der Waals surface area contributed by atoms with Crippen molar-refractivity contribution in [1.82, 2.24) is 14.6 Å². The lowest BCUT2D eigenvalue weighted by atomic mass is 10.2. The van der Waals surface area contributed by atoms with Gasteiger partial charge in [-0.15, -0.1) is 11.3 Å².